The second-order valence-electron chi connectivity index (χ2n) is 44.4. The highest BCUT2D eigenvalue weighted by Gasteiger charge is 2.82. The lowest BCUT2D eigenvalue weighted by molar-refractivity contribution is -0.362. The third kappa shape index (κ3) is 22.5. The van der Waals surface area contributed by atoms with Crippen LogP contribution in [0.2, 0.25) is 0 Å². The number of carbonyl (C=O) groups is 9. The zero-order valence-electron chi connectivity index (χ0n) is 84.9. The summed E-state index contributed by atoms with van der Waals surface area (Å²) in [6.07, 6.45) is -13.2. The number of ether oxygens (including phenoxy) is 14. The Morgan fingerprint density at radius 1 is 0.510 bits per heavy atom. The number of carbonyl (C=O) groups excluding carboxylic acids is 9. The summed E-state index contributed by atoms with van der Waals surface area (Å²) in [7, 11) is 1.00. The predicted molar refractivity (Wildman–Crippen MR) is 530 cm³/mol. The number of likely N-dealkylation sites (tertiary alicyclic amines) is 1. The number of piperidine rings is 2. The molecule has 36 heteroatoms. The van der Waals surface area contributed by atoms with E-state index in [0.29, 0.717) is 58.3 Å². The van der Waals surface area contributed by atoms with Gasteiger partial charge in [-0.25, -0.2) is 28.8 Å². The summed E-state index contributed by atoms with van der Waals surface area (Å²) in [5, 5.41) is 99.4. The minimum absolute atomic E-state index is 0. The molecule has 12 fully saturated rings. The highest BCUT2D eigenvalue weighted by Crippen LogP contribution is 2.70. The maximum atomic E-state index is 14.6. The topological polar surface area (TPSA) is 488 Å². The van der Waals surface area contributed by atoms with Gasteiger partial charge in [-0.3, -0.25) is 19.3 Å². The van der Waals surface area contributed by atoms with Crippen LogP contribution < -0.4 is 26.6 Å². The van der Waals surface area contributed by atoms with E-state index in [1.54, 1.807) is 185 Å². The number of aliphatic hydroxyl groups is 7. The summed E-state index contributed by atoms with van der Waals surface area (Å²) in [5.41, 5.74) is -12.5. The Hall–Kier alpha value is -9.29. The summed E-state index contributed by atoms with van der Waals surface area (Å²) >= 11 is 0. The van der Waals surface area contributed by atoms with Crippen LogP contribution in [0.1, 0.15) is 248 Å². The number of alkyl carbamates (subject to hydrolysis) is 2. The fourth-order valence-electron chi connectivity index (χ4n) is 24.6. The number of amides is 2. The Bertz CT molecular complexity index is 5280. The molecule has 12 N–H and O–H groups in total. The quantitative estimate of drug-likeness (QED) is 0.0142. The van der Waals surface area contributed by atoms with Crippen molar-refractivity contribution < 1.29 is 147 Å². The van der Waals surface area contributed by atoms with Crippen LogP contribution in [-0.2, 0) is 90.3 Å². The number of esters is 6. The smallest absolute Gasteiger partial charge is 0.408 e. The standard InChI is InChI=1S/C53H71N3O14.C45H55NO15.C8H16N2.CH4O.2CH4.H2/c1-29-35(65-47(61)41(59)40(31-15-11-9-12-16-31)55-48(62)70-49(3,4)5)26-53(63)45(68-46(60)32-17-13-10-14-18-32)43-51(8,36(58)25-37-52(43,28-64-37)69-30(2)57)44-42(39(29)50(53,6)7)66-38(67-44)27-56-23-21-34(22-24-56)54-33-19-20-33;1-23-27(56-39(52)33(50)32(25-15-11-9-12-16-25)46-40(53)61-41(3,4)5)20-45(54)37(59-38(51)26-17-13-10-14-18-26)35-43(8,28(49)19-29-44(35,22-55-29)60-24(2)48)36-34(31(23)42(45,6)7)57-30(21-47)58-36;1-2-7(1)10-8-3-5-9-6-4-8;1-2;;;/h9-18,33-38,40-45,54,58-59,63H,19-28H2,1-8H3,(H,55,62);9-18,21,27-30,32-37,49-50,54H,19-20,22H2,1-8H3,(H,46,53);7-10H,1-6H2;2H,1H3;2*1H4;1H/t35-,36-,37?,38?,40-,41+,42+,43-,44+,45-,51+,52-,53+;27-,28-,29?,30?,32-,33+,34+,35-,36+,37-,43+,44-,45+;;;;;/m00...../s1. The molecule has 0 radical (unpaired) electrons. The van der Waals surface area contributed by atoms with E-state index in [-0.39, 0.29) is 59.9 Å². The van der Waals surface area contributed by atoms with Crippen LogP contribution in [-0.4, -0.2) is 304 Å². The van der Waals surface area contributed by atoms with Crippen molar-refractivity contribution in [1.29, 1.82) is 0 Å². The van der Waals surface area contributed by atoms with Crippen molar-refractivity contribution in [2.24, 2.45) is 33.5 Å². The van der Waals surface area contributed by atoms with Crippen molar-refractivity contribution in [3.05, 3.63) is 166 Å². The minimum atomic E-state index is -2.25. The van der Waals surface area contributed by atoms with Gasteiger partial charge in [0.15, 0.2) is 36.0 Å². The van der Waals surface area contributed by atoms with Crippen molar-refractivity contribution in [3.63, 3.8) is 0 Å². The number of aliphatic hydroxyl groups excluding tert-OH is 5. The lowest BCUT2D eigenvalue weighted by Gasteiger charge is -2.68. The van der Waals surface area contributed by atoms with Crippen LogP contribution in [0.25, 0.3) is 0 Å². The molecule has 6 saturated heterocycles. The van der Waals surface area contributed by atoms with E-state index < -0.39 is 232 Å². The number of benzene rings is 4. The van der Waals surface area contributed by atoms with Gasteiger partial charge in [0.2, 0.25) is 6.29 Å². The van der Waals surface area contributed by atoms with Gasteiger partial charge in [0.1, 0.15) is 71.2 Å². The van der Waals surface area contributed by atoms with E-state index >= 15 is 0 Å². The SMILES string of the molecule is C.C.C1CC(NC2CC2)CCN1.CC(=O)O[C@@]12COC1C[C@H](O)[C@@]1(C)[C@@H]3OC(C=O)O[C@@H]3C3=C(C)[C@@H](OC(=O)[C@H](O)[C@@H](NC(=O)OC(C)(C)C)c4ccccc4)C[C@@](O)([C@@H](OC(=O)c4ccccc4)[C@@H]12)C3(C)C.CC(=O)O[C@@]12COC1C[C@H](O)[C@@]1(C)[C@@H]3OC(CN4CCC(NC5CC5)CC4)O[C@@H]3C3=C(C)[C@@H](OC(=O)[C@H](O)[C@@H](NC(=O)OC(C)(C)C)c4ccccc4)C[C@@](O)([C@@H](OC(=O)c4ccccc4)[C@@H]12)C3(C)C.CO.[HH]. The van der Waals surface area contributed by atoms with Crippen molar-refractivity contribution in [2.45, 2.75) is 371 Å². The van der Waals surface area contributed by atoms with Crippen LogP contribution in [0.3, 0.4) is 0 Å². The van der Waals surface area contributed by atoms with E-state index in [2.05, 4.69) is 31.5 Å². The predicted octanol–water partition coefficient (Wildman–Crippen LogP) is 9.91. The first-order chi connectivity index (χ1) is 67.6. The van der Waals surface area contributed by atoms with E-state index in [4.69, 9.17) is 71.4 Å². The Balaban J connectivity index is 0.000000230. The normalized spacial score (nSPS) is 34.4. The van der Waals surface area contributed by atoms with Gasteiger partial charge in [0.25, 0.3) is 0 Å². The molecule has 6 heterocycles. The van der Waals surface area contributed by atoms with Gasteiger partial charge < -0.3 is 129 Å². The van der Waals surface area contributed by atoms with Gasteiger partial charge in [-0.05, 0) is 191 Å². The summed E-state index contributed by atoms with van der Waals surface area (Å²) in [4.78, 5) is 125. The van der Waals surface area contributed by atoms with Crippen LogP contribution in [0.15, 0.2) is 144 Å². The largest absolute Gasteiger partial charge is 0.456 e. The van der Waals surface area contributed by atoms with Crippen LogP contribution in [0.4, 0.5) is 9.59 Å². The summed E-state index contributed by atoms with van der Waals surface area (Å²) in [6, 6.07) is 33.1. The van der Waals surface area contributed by atoms with Crippen molar-refractivity contribution in [2.75, 3.05) is 53.0 Å². The van der Waals surface area contributed by atoms with Crippen LogP contribution in [0.5, 0.6) is 0 Å². The maximum absolute atomic E-state index is 14.6. The molecule has 4 aromatic rings. The monoisotopic (exact) mass is 2030 g/mol. The van der Waals surface area contributed by atoms with Crippen molar-refractivity contribution in [3.8, 4) is 0 Å². The molecule has 8 aliphatic carbocycles. The number of aldehydes is 1. The van der Waals surface area contributed by atoms with Crippen molar-refractivity contribution >= 4 is 54.3 Å². The molecule has 0 aromatic heterocycles. The molecule has 6 aliphatic heterocycles. The first kappa shape index (κ1) is 113. The number of nitrogens with one attached hydrogen (secondary N) is 5. The number of hydrogen-bond donors (Lipinski definition) is 12. The zero-order chi connectivity index (χ0) is 103. The zero-order valence-corrected chi connectivity index (χ0v) is 84.9. The molecule has 18 rings (SSSR count). The van der Waals surface area contributed by atoms with Gasteiger partial charge >= 0.3 is 48.0 Å². The lowest BCUT2D eigenvalue weighted by Crippen LogP contribution is -2.82. The van der Waals surface area contributed by atoms with Gasteiger partial charge in [0.05, 0.1) is 72.7 Å². The van der Waals surface area contributed by atoms with E-state index in [0.717, 1.165) is 45.1 Å². The van der Waals surface area contributed by atoms with Crippen LogP contribution >= 0.6 is 0 Å². The Labute approximate surface area is 851 Å². The molecule has 802 valence electrons. The molecule has 4 aromatic carbocycles. The molecule has 4 bridgehead atoms. The van der Waals surface area contributed by atoms with Gasteiger partial charge in [0, 0.05) is 100 Å². The number of fused-ring (bicyclic) bond motifs is 16. The molecule has 4 unspecified atom stereocenters. The summed E-state index contributed by atoms with van der Waals surface area (Å²) in [5.74, 6) is -7.79. The second-order valence-corrected chi connectivity index (χ2v) is 44.4. The molecule has 0 spiro atoms. The Kier molecular flexibility index (Phi) is 34.6. The molecular formula is C109H156N6O30. The van der Waals surface area contributed by atoms with E-state index in [1.807, 2.05) is 20.8 Å². The first-order valence-corrected chi connectivity index (χ1v) is 50.3. The van der Waals surface area contributed by atoms with E-state index in [9.17, 15) is 73.8 Å². The first-order valence-electron chi connectivity index (χ1n) is 50.3. The fraction of sp³-hybridized carbons (Fsp3) is 0.661. The molecule has 36 nitrogen and oxygen atoms in total. The average Bonchev–Trinajstić information content (AvgIpc) is 1.12. The second kappa shape index (κ2) is 44.5. The average molecular weight is 2030 g/mol. The number of hydrogen-bond acceptors (Lipinski definition) is 34. The summed E-state index contributed by atoms with van der Waals surface area (Å²) < 4.78 is 88.2. The van der Waals surface area contributed by atoms with Crippen molar-refractivity contribution in [1.82, 2.24) is 31.5 Å². The lowest BCUT2D eigenvalue weighted by atomic mass is 9.44. The van der Waals surface area contributed by atoms with Gasteiger partial charge in [-0.1, -0.05) is 153 Å². The fourth-order valence-corrected chi connectivity index (χ4v) is 24.6. The number of rotatable bonds is 23. The van der Waals surface area contributed by atoms with Gasteiger partial charge in [-0.15, -0.1) is 0 Å². The third-order valence-electron chi connectivity index (χ3n) is 32.2. The van der Waals surface area contributed by atoms with E-state index in [1.165, 1.54) is 77.6 Å². The molecular weight excluding hydrogens is 1870 g/mol. The Morgan fingerprint density at radius 3 is 1.22 bits per heavy atom. The minimum Gasteiger partial charge on any atom is -0.456 e. The molecule has 14 aliphatic rings. The highest BCUT2D eigenvalue weighted by molar-refractivity contribution is 5.90. The Morgan fingerprint density at radius 2 is 0.869 bits per heavy atom. The highest BCUT2D eigenvalue weighted by atomic mass is 16.7. The maximum Gasteiger partial charge on any atom is 0.408 e. The number of nitrogens with zero attached hydrogens (tertiary/aromatic N) is 1. The summed E-state index contributed by atoms with van der Waals surface area (Å²) in [6.45, 7) is 30.6. The molecule has 6 saturated carbocycles. The van der Waals surface area contributed by atoms with Gasteiger partial charge in [-0.2, -0.15) is 0 Å². The third-order valence-corrected chi connectivity index (χ3v) is 32.2. The molecule has 26 atom stereocenters. The molecule has 145 heavy (non-hydrogen) atoms. The molecule has 2 amide bonds. The van der Waals surface area contributed by atoms with Crippen LogP contribution in [0, 0.1) is 33.5 Å².